The number of rotatable bonds is 9. The molecule has 6 heteroatoms. The lowest BCUT2D eigenvalue weighted by Gasteiger charge is -2.20. The van der Waals surface area contributed by atoms with Crippen LogP contribution in [0.1, 0.15) is 42.3 Å². The molecule has 0 N–H and O–H groups in total. The van der Waals surface area contributed by atoms with Crippen LogP contribution in [0.25, 0.3) is 0 Å². The largest absolute Gasteiger partial charge is 0.361 e. The molecule has 0 aliphatic rings. The Labute approximate surface area is 160 Å². The number of carbonyl (C=O) groups excluding carboxylic acids is 1. The Morgan fingerprint density at radius 2 is 1.62 bits per heavy atom. The van der Waals surface area contributed by atoms with Crippen LogP contribution in [0, 0.1) is 0 Å². The maximum Gasteiger partial charge on any atom is 0.361 e. The van der Waals surface area contributed by atoms with Crippen molar-refractivity contribution in [2.24, 2.45) is 0 Å². The Bertz CT molecular complexity index is 792. The van der Waals surface area contributed by atoms with Crippen LogP contribution in [0.5, 0.6) is 0 Å². The van der Waals surface area contributed by atoms with Crippen molar-refractivity contribution in [2.45, 2.75) is 33.6 Å². The van der Waals surface area contributed by atoms with Gasteiger partial charge in [0.2, 0.25) is 0 Å². The van der Waals surface area contributed by atoms with Crippen LogP contribution in [0.2, 0.25) is 5.02 Å². The highest BCUT2D eigenvalue weighted by Crippen LogP contribution is 2.48. The summed E-state index contributed by atoms with van der Waals surface area (Å²) in [5.41, 5.74) is 2.39. The van der Waals surface area contributed by atoms with E-state index in [1.54, 1.807) is 32.0 Å². The van der Waals surface area contributed by atoms with Gasteiger partial charge >= 0.3 is 7.60 Å². The fourth-order valence-electron chi connectivity index (χ4n) is 2.66. The highest BCUT2D eigenvalue weighted by Gasteiger charge is 2.30. The van der Waals surface area contributed by atoms with E-state index in [2.05, 4.69) is 6.92 Å². The molecular weight excluding hydrogens is 371 g/mol. The Balaban J connectivity index is 2.36. The van der Waals surface area contributed by atoms with Crippen LogP contribution in [-0.2, 0) is 26.5 Å². The lowest BCUT2D eigenvalue weighted by Crippen LogP contribution is -2.18. The van der Waals surface area contributed by atoms with Gasteiger partial charge in [0.1, 0.15) is 0 Å². The summed E-state index contributed by atoms with van der Waals surface area (Å²) in [5.74, 6) is -0.0595. The van der Waals surface area contributed by atoms with E-state index in [1.807, 2.05) is 24.3 Å². The minimum absolute atomic E-state index is 0.0595. The van der Waals surface area contributed by atoms with Crippen molar-refractivity contribution < 1.29 is 18.4 Å². The molecule has 2 aromatic carbocycles. The van der Waals surface area contributed by atoms with Crippen LogP contribution in [0.4, 0.5) is 0 Å². The Morgan fingerprint density at radius 1 is 1.00 bits per heavy atom. The number of aryl methyl sites for hydroxylation is 1. The van der Waals surface area contributed by atoms with E-state index in [4.69, 9.17) is 20.6 Å². The summed E-state index contributed by atoms with van der Waals surface area (Å²) in [6, 6.07) is 12.5. The molecule has 0 fully saturated rings. The second-order valence-corrected chi connectivity index (χ2v) is 8.19. The van der Waals surface area contributed by atoms with Crippen molar-refractivity contribution in [3.8, 4) is 0 Å². The molecule has 0 radical (unpaired) electrons. The molecule has 2 rings (SSSR count). The summed E-state index contributed by atoms with van der Waals surface area (Å²) in [4.78, 5) is 12.7. The first-order valence-corrected chi connectivity index (χ1v) is 10.7. The van der Waals surface area contributed by atoms with Crippen molar-refractivity contribution in [1.29, 1.82) is 0 Å². The number of benzene rings is 2. The normalized spacial score (nSPS) is 11.5. The first-order valence-electron chi connectivity index (χ1n) is 8.73. The van der Waals surface area contributed by atoms with Crippen LogP contribution in [0.3, 0.4) is 0 Å². The van der Waals surface area contributed by atoms with Gasteiger partial charge in [0.05, 0.1) is 18.5 Å². The molecule has 0 spiro atoms. The molecular formula is C20H24ClO4P. The molecule has 4 nitrogen and oxygen atoms in total. The predicted molar refractivity (Wildman–Crippen MR) is 106 cm³/mol. The maximum atomic E-state index is 13.2. The highest BCUT2D eigenvalue weighted by molar-refractivity contribution is 7.62. The number of halogens is 1. The van der Waals surface area contributed by atoms with E-state index in [0.29, 0.717) is 21.5 Å². The Kier molecular flexibility index (Phi) is 7.60. The zero-order chi connectivity index (χ0) is 19.2. The molecule has 0 saturated carbocycles. The summed E-state index contributed by atoms with van der Waals surface area (Å²) in [5, 5.41) is 0.773. The SMILES string of the molecule is CCOP(=O)(OCC)c1cc(Cl)ccc1CC(=O)c1ccc(CC)cc1. The molecule has 2 aromatic rings. The van der Waals surface area contributed by atoms with Gasteiger partial charge in [-0.2, -0.15) is 0 Å². The van der Waals surface area contributed by atoms with Crippen molar-refractivity contribution in [3.05, 3.63) is 64.2 Å². The molecule has 0 unspecified atom stereocenters. The van der Waals surface area contributed by atoms with Crippen molar-refractivity contribution >= 4 is 30.3 Å². The number of hydrogen-bond acceptors (Lipinski definition) is 4. The van der Waals surface area contributed by atoms with E-state index < -0.39 is 7.60 Å². The van der Waals surface area contributed by atoms with Crippen LogP contribution in [0.15, 0.2) is 42.5 Å². The smallest absolute Gasteiger partial charge is 0.305 e. The van der Waals surface area contributed by atoms with Crippen molar-refractivity contribution in [1.82, 2.24) is 0 Å². The van der Waals surface area contributed by atoms with Crippen LogP contribution in [-0.4, -0.2) is 19.0 Å². The minimum atomic E-state index is -3.53. The highest BCUT2D eigenvalue weighted by atomic mass is 35.5. The second kappa shape index (κ2) is 9.48. The van der Waals surface area contributed by atoms with Gasteiger partial charge in [0.15, 0.2) is 5.78 Å². The van der Waals surface area contributed by atoms with Crippen LogP contribution < -0.4 is 5.30 Å². The first-order chi connectivity index (χ1) is 12.4. The molecule has 140 valence electrons. The topological polar surface area (TPSA) is 52.6 Å². The standard InChI is InChI=1S/C20H24ClO4P/c1-4-15-7-9-16(10-8-15)19(22)13-17-11-12-18(21)14-20(17)26(23,24-5-2)25-6-3/h7-12,14H,4-6,13H2,1-3H3. The first kappa shape index (κ1) is 20.9. The second-order valence-electron chi connectivity index (χ2n) is 5.76. The van der Waals surface area contributed by atoms with Gasteiger partial charge in [0.25, 0.3) is 0 Å². The average molecular weight is 395 g/mol. The van der Waals surface area contributed by atoms with Gasteiger partial charge in [-0.1, -0.05) is 48.9 Å². The lowest BCUT2D eigenvalue weighted by atomic mass is 10.0. The van der Waals surface area contributed by atoms with E-state index >= 15 is 0 Å². The molecule has 0 atom stereocenters. The molecule has 0 heterocycles. The van der Waals surface area contributed by atoms with Crippen molar-refractivity contribution in [2.75, 3.05) is 13.2 Å². The number of carbonyl (C=O) groups is 1. The minimum Gasteiger partial charge on any atom is -0.305 e. The Morgan fingerprint density at radius 3 is 2.15 bits per heavy atom. The number of ketones is 1. The summed E-state index contributed by atoms with van der Waals surface area (Å²) in [6.07, 6.45) is 1.02. The summed E-state index contributed by atoms with van der Waals surface area (Å²) in [6.45, 7) is 6.02. The number of hydrogen-bond donors (Lipinski definition) is 0. The molecule has 0 aromatic heterocycles. The van der Waals surface area contributed by atoms with Gasteiger partial charge in [0, 0.05) is 17.0 Å². The van der Waals surface area contributed by atoms with Gasteiger partial charge in [-0.25, -0.2) is 0 Å². The zero-order valence-corrected chi connectivity index (χ0v) is 17.0. The fraction of sp³-hybridized carbons (Fsp3) is 0.350. The summed E-state index contributed by atoms with van der Waals surface area (Å²) < 4.78 is 24.0. The van der Waals surface area contributed by atoms with E-state index in [9.17, 15) is 9.36 Å². The van der Waals surface area contributed by atoms with Gasteiger partial charge in [-0.15, -0.1) is 0 Å². The molecule has 0 saturated heterocycles. The van der Waals surface area contributed by atoms with Crippen LogP contribution >= 0.6 is 19.2 Å². The van der Waals surface area contributed by atoms with E-state index in [-0.39, 0.29) is 25.4 Å². The van der Waals surface area contributed by atoms with Gasteiger partial charge in [-0.05, 0) is 43.5 Å². The molecule has 26 heavy (non-hydrogen) atoms. The molecule has 0 aliphatic heterocycles. The van der Waals surface area contributed by atoms with E-state index in [0.717, 1.165) is 6.42 Å². The summed E-state index contributed by atoms with van der Waals surface area (Å²) >= 11 is 6.09. The lowest BCUT2D eigenvalue weighted by molar-refractivity contribution is 0.0993. The average Bonchev–Trinajstić information content (AvgIpc) is 2.63. The third-order valence-corrected chi connectivity index (χ3v) is 6.41. The third kappa shape index (κ3) is 5.05. The monoisotopic (exact) mass is 394 g/mol. The molecule has 0 amide bonds. The summed E-state index contributed by atoms with van der Waals surface area (Å²) in [7, 11) is -3.53. The fourth-order valence-corrected chi connectivity index (χ4v) is 4.74. The number of Topliss-reactive ketones (excluding diaryl/α,β-unsaturated/α-hetero) is 1. The van der Waals surface area contributed by atoms with E-state index in [1.165, 1.54) is 5.56 Å². The molecule has 0 aliphatic carbocycles. The van der Waals surface area contributed by atoms with Gasteiger partial charge in [-0.3, -0.25) is 9.36 Å². The third-order valence-electron chi connectivity index (χ3n) is 3.98. The molecule has 0 bridgehead atoms. The zero-order valence-electron chi connectivity index (χ0n) is 15.3. The Hall–Kier alpha value is -1.45. The predicted octanol–water partition coefficient (Wildman–Crippen LogP) is 5.22. The van der Waals surface area contributed by atoms with Gasteiger partial charge < -0.3 is 9.05 Å². The van der Waals surface area contributed by atoms with Crippen molar-refractivity contribution in [3.63, 3.8) is 0 Å². The maximum absolute atomic E-state index is 13.2. The quantitative estimate of drug-likeness (QED) is 0.432.